The van der Waals surface area contributed by atoms with Crippen LogP contribution < -0.4 is 4.31 Å². The number of anilines is 1. The molecule has 1 amide bonds. The van der Waals surface area contributed by atoms with Crippen LogP contribution in [0, 0.1) is 0 Å². The summed E-state index contributed by atoms with van der Waals surface area (Å²) in [7, 11) is -3.59. The van der Waals surface area contributed by atoms with Gasteiger partial charge in [0.15, 0.2) is 0 Å². The second kappa shape index (κ2) is 6.87. The lowest BCUT2D eigenvalue weighted by Gasteiger charge is -2.32. The molecule has 22 heavy (non-hydrogen) atoms. The van der Waals surface area contributed by atoms with E-state index in [4.69, 9.17) is 11.6 Å². The molecule has 1 fully saturated rings. The third-order valence-electron chi connectivity index (χ3n) is 3.79. The topological polar surface area (TPSA) is 57.7 Å². The maximum Gasteiger partial charge on any atom is 0.246 e. The van der Waals surface area contributed by atoms with Crippen molar-refractivity contribution in [2.45, 2.75) is 32.2 Å². The van der Waals surface area contributed by atoms with Crippen molar-refractivity contribution in [1.82, 2.24) is 4.90 Å². The van der Waals surface area contributed by atoms with Crippen molar-refractivity contribution in [3.05, 3.63) is 29.3 Å². The fourth-order valence-electron chi connectivity index (χ4n) is 2.80. The van der Waals surface area contributed by atoms with E-state index in [1.165, 1.54) is 4.31 Å². The van der Waals surface area contributed by atoms with Crippen molar-refractivity contribution in [3.8, 4) is 0 Å². The van der Waals surface area contributed by atoms with Gasteiger partial charge in [-0.15, -0.1) is 0 Å². The minimum atomic E-state index is -3.59. The summed E-state index contributed by atoms with van der Waals surface area (Å²) in [6, 6.07) is 5.86. The van der Waals surface area contributed by atoms with Crippen LogP contribution in [-0.2, 0) is 14.8 Å². The average Bonchev–Trinajstić information content (AvgIpc) is 2.96. The van der Waals surface area contributed by atoms with Gasteiger partial charge in [-0.2, -0.15) is 0 Å². The van der Waals surface area contributed by atoms with Gasteiger partial charge in [0, 0.05) is 18.1 Å². The Bertz CT molecular complexity index is 642. The Kier molecular flexibility index (Phi) is 5.34. The standard InChI is InChI=1S/C15H21ClN2O3S/c1-3-14(15(19)17-9-4-5-10-17)18(22(2,20)21)13-8-6-7-12(16)11-13/h6-8,11,14H,3-5,9-10H2,1-2H3/t14-/m1/s1. The first-order chi connectivity index (χ1) is 10.3. The Hall–Kier alpha value is -1.27. The minimum absolute atomic E-state index is 0.134. The third-order valence-corrected chi connectivity index (χ3v) is 5.21. The quantitative estimate of drug-likeness (QED) is 0.824. The normalized spacial score (nSPS) is 16.6. The second-order valence-corrected chi connectivity index (χ2v) is 7.79. The van der Waals surface area contributed by atoms with Crippen LogP contribution in [0.4, 0.5) is 5.69 Å². The van der Waals surface area contributed by atoms with Crippen LogP contribution in [0.1, 0.15) is 26.2 Å². The molecule has 0 unspecified atom stereocenters. The molecule has 122 valence electrons. The first-order valence-electron chi connectivity index (χ1n) is 7.38. The number of carbonyl (C=O) groups excluding carboxylic acids is 1. The first kappa shape index (κ1) is 17.1. The summed E-state index contributed by atoms with van der Waals surface area (Å²) in [6.45, 7) is 3.21. The van der Waals surface area contributed by atoms with Gasteiger partial charge in [-0.1, -0.05) is 24.6 Å². The van der Waals surface area contributed by atoms with Gasteiger partial charge < -0.3 is 4.90 Å². The second-order valence-electron chi connectivity index (χ2n) is 5.50. The van der Waals surface area contributed by atoms with Crippen molar-refractivity contribution in [1.29, 1.82) is 0 Å². The Morgan fingerprint density at radius 3 is 2.50 bits per heavy atom. The third kappa shape index (κ3) is 3.73. The number of amides is 1. The molecule has 0 N–H and O–H groups in total. The van der Waals surface area contributed by atoms with E-state index in [0.717, 1.165) is 19.1 Å². The van der Waals surface area contributed by atoms with Gasteiger partial charge in [0.05, 0.1) is 11.9 Å². The molecule has 0 spiro atoms. The van der Waals surface area contributed by atoms with Crippen LogP contribution in [0.5, 0.6) is 0 Å². The highest BCUT2D eigenvalue weighted by molar-refractivity contribution is 7.92. The van der Waals surface area contributed by atoms with E-state index in [2.05, 4.69) is 0 Å². The molecule has 1 saturated heterocycles. The van der Waals surface area contributed by atoms with Crippen LogP contribution in [0.25, 0.3) is 0 Å². The van der Waals surface area contributed by atoms with Crippen molar-refractivity contribution in [2.24, 2.45) is 0 Å². The molecule has 1 aliphatic heterocycles. The van der Waals surface area contributed by atoms with Crippen LogP contribution >= 0.6 is 11.6 Å². The molecule has 1 heterocycles. The highest BCUT2D eigenvalue weighted by Gasteiger charge is 2.35. The summed E-state index contributed by atoms with van der Waals surface area (Å²) in [6.07, 6.45) is 3.47. The number of likely N-dealkylation sites (tertiary alicyclic amines) is 1. The summed E-state index contributed by atoms with van der Waals surface area (Å²) >= 11 is 5.98. The molecular formula is C15H21ClN2O3S. The van der Waals surface area contributed by atoms with Gasteiger partial charge in [0.1, 0.15) is 6.04 Å². The Morgan fingerprint density at radius 1 is 1.36 bits per heavy atom. The van der Waals surface area contributed by atoms with Gasteiger partial charge in [0.2, 0.25) is 15.9 Å². The zero-order valence-electron chi connectivity index (χ0n) is 12.8. The first-order valence-corrected chi connectivity index (χ1v) is 9.61. The zero-order chi connectivity index (χ0) is 16.3. The molecule has 5 nitrogen and oxygen atoms in total. The van der Waals surface area contributed by atoms with Crippen molar-refractivity contribution < 1.29 is 13.2 Å². The lowest BCUT2D eigenvalue weighted by molar-refractivity contribution is -0.131. The van der Waals surface area contributed by atoms with E-state index >= 15 is 0 Å². The Labute approximate surface area is 136 Å². The predicted molar refractivity (Wildman–Crippen MR) is 88.7 cm³/mol. The van der Waals surface area contributed by atoms with Crippen LogP contribution in [-0.4, -0.2) is 44.6 Å². The fraction of sp³-hybridized carbons (Fsp3) is 0.533. The number of halogens is 1. The van der Waals surface area contributed by atoms with Gasteiger partial charge in [0.25, 0.3) is 0 Å². The largest absolute Gasteiger partial charge is 0.341 e. The van der Waals surface area contributed by atoms with Gasteiger partial charge in [-0.25, -0.2) is 8.42 Å². The zero-order valence-corrected chi connectivity index (χ0v) is 14.4. The number of benzene rings is 1. The number of hydrogen-bond acceptors (Lipinski definition) is 3. The number of hydrogen-bond donors (Lipinski definition) is 0. The van der Waals surface area contributed by atoms with E-state index in [1.807, 2.05) is 6.92 Å². The summed E-state index contributed by atoms with van der Waals surface area (Å²) in [4.78, 5) is 14.5. The molecule has 0 radical (unpaired) electrons. The van der Waals surface area contributed by atoms with E-state index in [0.29, 0.717) is 30.2 Å². The lowest BCUT2D eigenvalue weighted by Crippen LogP contribution is -2.50. The van der Waals surface area contributed by atoms with Crippen LogP contribution in [0.2, 0.25) is 5.02 Å². The summed E-state index contributed by atoms with van der Waals surface area (Å²) in [5.41, 5.74) is 0.425. The molecule has 0 bridgehead atoms. The Balaban J connectivity index is 2.40. The van der Waals surface area contributed by atoms with E-state index in [1.54, 1.807) is 29.2 Å². The lowest BCUT2D eigenvalue weighted by atomic mass is 10.1. The number of rotatable bonds is 5. The molecule has 1 aliphatic rings. The van der Waals surface area contributed by atoms with E-state index in [-0.39, 0.29) is 5.91 Å². The fourth-order valence-corrected chi connectivity index (χ4v) is 4.19. The van der Waals surface area contributed by atoms with E-state index in [9.17, 15) is 13.2 Å². The van der Waals surface area contributed by atoms with Crippen molar-refractivity contribution in [3.63, 3.8) is 0 Å². The number of carbonyl (C=O) groups is 1. The maximum atomic E-state index is 12.7. The van der Waals surface area contributed by atoms with Crippen LogP contribution in [0.3, 0.4) is 0 Å². The Morgan fingerprint density at radius 2 is 2.00 bits per heavy atom. The molecule has 0 aromatic heterocycles. The van der Waals surface area contributed by atoms with Gasteiger partial charge in [-0.3, -0.25) is 9.10 Å². The average molecular weight is 345 g/mol. The summed E-state index contributed by atoms with van der Waals surface area (Å²) < 4.78 is 25.7. The van der Waals surface area contributed by atoms with Crippen molar-refractivity contribution in [2.75, 3.05) is 23.7 Å². The SMILES string of the molecule is CC[C@H](C(=O)N1CCCC1)N(c1cccc(Cl)c1)S(C)(=O)=O. The highest BCUT2D eigenvalue weighted by Crippen LogP contribution is 2.26. The number of nitrogens with zero attached hydrogens (tertiary/aromatic N) is 2. The number of sulfonamides is 1. The molecule has 0 aliphatic carbocycles. The molecule has 2 rings (SSSR count). The highest BCUT2D eigenvalue weighted by atomic mass is 35.5. The molecule has 1 aromatic rings. The van der Waals surface area contributed by atoms with Crippen LogP contribution in [0.15, 0.2) is 24.3 Å². The molecular weight excluding hydrogens is 324 g/mol. The van der Waals surface area contributed by atoms with E-state index < -0.39 is 16.1 Å². The molecule has 1 aromatic carbocycles. The summed E-state index contributed by atoms with van der Waals surface area (Å²) in [5, 5.41) is 0.439. The smallest absolute Gasteiger partial charge is 0.246 e. The molecule has 0 saturated carbocycles. The molecule has 1 atom stereocenters. The summed E-state index contributed by atoms with van der Waals surface area (Å²) in [5.74, 6) is -0.134. The molecule has 7 heteroatoms. The van der Waals surface area contributed by atoms with Gasteiger partial charge >= 0.3 is 0 Å². The predicted octanol–water partition coefficient (Wildman–Crippen LogP) is 2.51. The minimum Gasteiger partial charge on any atom is -0.341 e. The van der Waals surface area contributed by atoms with Gasteiger partial charge in [-0.05, 0) is 37.5 Å². The van der Waals surface area contributed by atoms with Crippen molar-refractivity contribution >= 4 is 33.2 Å². The maximum absolute atomic E-state index is 12.7. The monoisotopic (exact) mass is 344 g/mol.